The fourth-order valence-corrected chi connectivity index (χ4v) is 3.38. The first kappa shape index (κ1) is 21.5. The molecule has 2 N–H and O–H groups in total. The zero-order chi connectivity index (χ0) is 23.1. The van der Waals surface area contributed by atoms with Gasteiger partial charge in [-0.2, -0.15) is 18.3 Å². The van der Waals surface area contributed by atoms with Gasteiger partial charge in [0.15, 0.2) is 17.3 Å². The highest BCUT2D eigenvalue weighted by molar-refractivity contribution is 5.94. The summed E-state index contributed by atoms with van der Waals surface area (Å²) in [6.45, 7) is 0. The molecule has 2 aromatic carbocycles. The minimum atomic E-state index is -5.13. The number of benzene rings is 2. The maximum absolute atomic E-state index is 13.2. The smallest absolute Gasteiger partial charge is 0.453 e. The quantitative estimate of drug-likeness (QED) is 0.501. The molecule has 1 aliphatic heterocycles. The Kier molecular flexibility index (Phi) is 5.23. The van der Waals surface area contributed by atoms with E-state index in [2.05, 4.69) is 20.3 Å². The largest absolute Gasteiger partial charge is 0.573 e. The summed E-state index contributed by atoms with van der Waals surface area (Å²) in [6.07, 6.45) is -8.50. The molecule has 1 aliphatic rings. The molecule has 32 heavy (non-hydrogen) atoms. The number of carbonyl (C=O) groups is 1. The van der Waals surface area contributed by atoms with Gasteiger partial charge in [0.2, 0.25) is 5.91 Å². The van der Waals surface area contributed by atoms with Crippen molar-refractivity contribution >= 4 is 11.7 Å². The lowest BCUT2D eigenvalue weighted by molar-refractivity contribution is -0.275. The summed E-state index contributed by atoms with van der Waals surface area (Å²) in [5, 5.41) is 8.98. The molecule has 1 amide bonds. The number of H-pyrrole nitrogens is 1. The van der Waals surface area contributed by atoms with Crippen LogP contribution >= 0.6 is 0 Å². The molecule has 0 saturated heterocycles. The van der Waals surface area contributed by atoms with E-state index < -0.39 is 47.2 Å². The zero-order valence-corrected chi connectivity index (χ0v) is 15.8. The molecule has 3 aromatic rings. The van der Waals surface area contributed by atoms with E-state index >= 15 is 0 Å². The minimum Gasteiger partial charge on any atom is -0.453 e. The second-order valence-corrected chi connectivity index (χ2v) is 6.84. The number of aromatic amines is 1. The molecule has 0 fully saturated rings. The van der Waals surface area contributed by atoms with Crippen LogP contribution in [-0.2, 0) is 11.0 Å². The Labute approximate surface area is 176 Å². The number of rotatable bonds is 4. The molecular weight excluding hydrogens is 444 g/mol. The lowest BCUT2D eigenvalue weighted by Gasteiger charge is -2.23. The summed E-state index contributed by atoms with van der Waals surface area (Å²) in [5.74, 6) is -2.91. The van der Waals surface area contributed by atoms with Crippen LogP contribution in [0.3, 0.4) is 0 Å². The van der Waals surface area contributed by atoms with E-state index in [0.717, 1.165) is 30.3 Å². The zero-order valence-electron chi connectivity index (χ0n) is 15.8. The van der Waals surface area contributed by atoms with Crippen LogP contribution in [0.2, 0.25) is 0 Å². The molecule has 2 heterocycles. The van der Waals surface area contributed by atoms with Gasteiger partial charge in [0.25, 0.3) is 0 Å². The molecule has 168 valence electrons. The number of hydrogen-bond donors (Lipinski definition) is 2. The van der Waals surface area contributed by atoms with E-state index in [9.17, 15) is 31.1 Å². The van der Waals surface area contributed by atoms with Crippen LogP contribution in [0.15, 0.2) is 48.7 Å². The van der Waals surface area contributed by atoms with Crippen LogP contribution in [0, 0.1) is 0 Å². The summed E-state index contributed by atoms with van der Waals surface area (Å²) in [6, 6.07) is 7.52. The molecule has 0 spiro atoms. The lowest BCUT2D eigenvalue weighted by Crippen LogP contribution is -2.23. The first-order valence-corrected chi connectivity index (χ1v) is 9.08. The van der Waals surface area contributed by atoms with Crippen molar-refractivity contribution in [3.63, 3.8) is 0 Å². The molecule has 0 aliphatic carbocycles. The Hall–Kier alpha value is -3.70. The van der Waals surface area contributed by atoms with Gasteiger partial charge in [-0.3, -0.25) is 9.89 Å². The Bertz CT molecular complexity index is 1160. The molecule has 0 bridgehead atoms. The van der Waals surface area contributed by atoms with Gasteiger partial charge in [-0.05, 0) is 29.8 Å². The first-order chi connectivity index (χ1) is 15.0. The van der Waals surface area contributed by atoms with E-state index in [-0.39, 0.29) is 17.8 Å². The van der Waals surface area contributed by atoms with Crippen molar-refractivity contribution in [3.8, 4) is 17.2 Å². The average Bonchev–Trinajstić information content (AvgIpc) is 3.15. The average molecular weight is 457 g/mol. The van der Waals surface area contributed by atoms with Crippen LogP contribution in [-0.4, -0.2) is 22.5 Å². The number of amides is 1. The van der Waals surface area contributed by atoms with Crippen molar-refractivity contribution in [2.75, 3.05) is 5.32 Å². The van der Waals surface area contributed by atoms with Crippen LogP contribution in [0.25, 0.3) is 0 Å². The van der Waals surface area contributed by atoms with Crippen molar-refractivity contribution in [3.05, 3.63) is 65.4 Å². The van der Waals surface area contributed by atoms with E-state index in [4.69, 9.17) is 4.74 Å². The Morgan fingerprint density at radius 1 is 0.969 bits per heavy atom. The summed E-state index contributed by atoms with van der Waals surface area (Å²) >= 11 is 0. The highest BCUT2D eigenvalue weighted by atomic mass is 19.4. The topological polar surface area (TPSA) is 76.2 Å². The van der Waals surface area contributed by atoms with E-state index in [1.807, 2.05) is 0 Å². The predicted octanol–water partition coefficient (Wildman–Crippen LogP) is 5.59. The Balaban J connectivity index is 1.75. The Morgan fingerprint density at radius 3 is 2.44 bits per heavy atom. The highest BCUT2D eigenvalue weighted by Crippen LogP contribution is 2.44. The number of aromatic nitrogens is 2. The SMILES string of the molecule is O=C1CC(c2ccc(Oc3ccccc3C(F)(F)F)c(OC(F)(F)F)c2)c2c[nH]nc2N1. The molecule has 12 heteroatoms. The summed E-state index contributed by atoms with van der Waals surface area (Å²) < 4.78 is 88.0. The number of ether oxygens (including phenoxy) is 2. The van der Waals surface area contributed by atoms with Crippen LogP contribution < -0.4 is 14.8 Å². The van der Waals surface area contributed by atoms with Crippen LogP contribution in [0.5, 0.6) is 17.2 Å². The number of nitrogens with one attached hydrogen (secondary N) is 2. The third-order valence-corrected chi connectivity index (χ3v) is 4.70. The molecule has 6 nitrogen and oxygen atoms in total. The van der Waals surface area contributed by atoms with Gasteiger partial charge in [0, 0.05) is 24.1 Å². The number of nitrogens with zero attached hydrogens (tertiary/aromatic N) is 1. The minimum absolute atomic E-state index is 0.0743. The molecular formula is C20H13F6N3O3. The van der Waals surface area contributed by atoms with Crippen LogP contribution in [0.1, 0.15) is 29.0 Å². The molecule has 0 radical (unpaired) electrons. The number of hydrogen-bond acceptors (Lipinski definition) is 4. The normalized spacial score (nSPS) is 16.3. The Morgan fingerprint density at radius 2 is 1.72 bits per heavy atom. The standard InChI is InChI=1S/C20H13F6N3O3/c21-19(22,23)13-3-1-2-4-14(13)31-15-6-5-10(7-16(15)32-20(24,25)26)11-8-17(30)28-18-12(11)9-27-29-18/h1-7,9,11H,8H2,(H2,27,28,29,30). The van der Waals surface area contributed by atoms with E-state index in [1.165, 1.54) is 18.3 Å². The van der Waals surface area contributed by atoms with Crippen molar-refractivity contribution in [1.29, 1.82) is 0 Å². The number of anilines is 1. The number of alkyl halides is 6. The maximum atomic E-state index is 13.2. The summed E-state index contributed by atoms with van der Waals surface area (Å²) in [5.41, 5.74) is -0.356. The monoisotopic (exact) mass is 457 g/mol. The number of halogens is 6. The number of para-hydroxylation sites is 1. The van der Waals surface area contributed by atoms with Gasteiger partial charge in [-0.15, -0.1) is 13.2 Å². The van der Waals surface area contributed by atoms with Crippen molar-refractivity contribution in [2.45, 2.75) is 24.9 Å². The summed E-state index contributed by atoms with van der Waals surface area (Å²) in [4.78, 5) is 12.0. The van der Waals surface area contributed by atoms with Gasteiger partial charge in [0.1, 0.15) is 5.75 Å². The lowest BCUT2D eigenvalue weighted by atomic mass is 9.87. The fourth-order valence-electron chi connectivity index (χ4n) is 3.38. The van der Waals surface area contributed by atoms with Gasteiger partial charge in [-0.1, -0.05) is 18.2 Å². The van der Waals surface area contributed by atoms with Crippen molar-refractivity contribution < 1.29 is 40.6 Å². The maximum Gasteiger partial charge on any atom is 0.573 e. The van der Waals surface area contributed by atoms with Crippen molar-refractivity contribution in [2.24, 2.45) is 0 Å². The van der Waals surface area contributed by atoms with Gasteiger partial charge in [-0.25, -0.2) is 0 Å². The van der Waals surface area contributed by atoms with Gasteiger partial charge in [0.05, 0.1) is 5.56 Å². The third-order valence-electron chi connectivity index (χ3n) is 4.70. The second-order valence-electron chi connectivity index (χ2n) is 6.84. The molecule has 1 aromatic heterocycles. The van der Waals surface area contributed by atoms with E-state index in [0.29, 0.717) is 5.56 Å². The number of carbonyl (C=O) groups excluding carboxylic acids is 1. The fraction of sp³-hybridized carbons (Fsp3) is 0.200. The molecule has 4 rings (SSSR count). The molecule has 1 atom stereocenters. The van der Waals surface area contributed by atoms with Crippen LogP contribution in [0.4, 0.5) is 32.2 Å². The highest BCUT2D eigenvalue weighted by Gasteiger charge is 2.36. The molecule has 1 unspecified atom stereocenters. The van der Waals surface area contributed by atoms with Crippen molar-refractivity contribution in [1.82, 2.24) is 10.2 Å². The molecule has 0 saturated carbocycles. The van der Waals surface area contributed by atoms with Gasteiger partial charge < -0.3 is 14.8 Å². The number of fused-ring (bicyclic) bond motifs is 1. The van der Waals surface area contributed by atoms with E-state index in [1.54, 1.807) is 0 Å². The second kappa shape index (κ2) is 7.77. The summed E-state index contributed by atoms with van der Waals surface area (Å²) in [7, 11) is 0. The van der Waals surface area contributed by atoms with Gasteiger partial charge >= 0.3 is 12.5 Å². The predicted molar refractivity (Wildman–Crippen MR) is 98.3 cm³/mol. The first-order valence-electron chi connectivity index (χ1n) is 9.08. The third kappa shape index (κ3) is 4.48.